The summed E-state index contributed by atoms with van der Waals surface area (Å²) in [5, 5.41) is 13.2. The largest absolute Gasteiger partial charge is 0.387 e. The van der Waals surface area contributed by atoms with E-state index in [0.29, 0.717) is 12.1 Å². The molecule has 0 aromatic heterocycles. The molecule has 20 heavy (non-hydrogen) atoms. The smallest absolute Gasteiger partial charge is 0.159 e. The Morgan fingerprint density at radius 1 is 1.25 bits per heavy atom. The molecule has 1 rings (SSSR count). The van der Waals surface area contributed by atoms with Crippen molar-refractivity contribution in [3.05, 3.63) is 35.4 Å². The molecule has 0 fully saturated rings. The van der Waals surface area contributed by atoms with E-state index in [-0.39, 0.29) is 4.75 Å². The van der Waals surface area contributed by atoms with Gasteiger partial charge in [-0.15, -0.1) is 0 Å². The van der Waals surface area contributed by atoms with Gasteiger partial charge in [-0.2, -0.15) is 11.8 Å². The van der Waals surface area contributed by atoms with Gasteiger partial charge in [-0.3, -0.25) is 0 Å². The lowest BCUT2D eigenvalue weighted by molar-refractivity contribution is 0.172. The second-order valence-electron chi connectivity index (χ2n) is 4.91. The number of hydrogen-bond acceptors (Lipinski definition) is 3. The highest BCUT2D eigenvalue weighted by atomic mass is 32.2. The fraction of sp³-hybridized carbons (Fsp3) is 0.600. The molecule has 5 heteroatoms. The van der Waals surface area contributed by atoms with Gasteiger partial charge in [-0.1, -0.05) is 19.9 Å². The number of benzene rings is 1. The van der Waals surface area contributed by atoms with Crippen molar-refractivity contribution in [3.8, 4) is 0 Å². The molecule has 1 unspecified atom stereocenters. The van der Waals surface area contributed by atoms with E-state index in [1.165, 1.54) is 6.07 Å². The van der Waals surface area contributed by atoms with E-state index >= 15 is 0 Å². The van der Waals surface area contributed by atoms with Crippen LogP contribution in [0, 0.1) is 11.6 Å². The average Bonchev–Trinajstić information content (AvgIpc) is 2.47. The molecule has 0 amide bonds. The van der Waals surface area contributed by atoms with Crippen molar-refractivity contribution in [1.29, 1.82) is 0 Å². The summed E-state index contributed by atoms with van der Waals surface area (Å²) in [6.45, 7) is 5.40. The molecule has 1 aromatic carbocycles. The van der Waals surface area contributed by atoms with Gasteiger partial charge in [0, 0.05) is 17.8 Å². The minimum absolute atomic E-state index is 0.160. The molecule has 2 N–H and O–H groups in total. The van der Waals surface area contributed by atoms with Crippen LogP contribution in [-0.2, 0) is 0 Å². The number of thioether (sulfide) groups is 1. The lowest BCUT2D eigenvalue weighted by Gasteiger charge is -2.30. The van der Waals surface area contributed by atoms with Crippen molar-refractivity contribution in [1.82, 2.24) is 5.32 Å². The fourth-order valence-corrected chi connectivity index (χ4v) is 2.96. The van der Waals surface area contributed by atoms with Gasteiger partial charge in [-0.25, -0.2) is 8.78 Å². The van der Waals surface area contributed by atoms with Crippen molar-refractivity contribution in [3.63, 3.8) is 0 Å². The predicted octanol–water partition coefficient (Wildman–Crippen LogP) is 3.51. The summed E-state index contributed by atoms with van der Waals surface area (Å²) in [5.41, 5.74) is 0.388. The molecule has 2 nitrogen and oxygen atoms in total. The Bertz CT molecular complexity index is 416. The standard InChI is InChI=1S/C15H23F2NOS/c1-4-15(5-2,20-3)10-18-9-14(19)11-6-7-12(16)13(17)8-11/h6-8,14,18-19H,4-5,9-10H2,1-3H3. The van der Waals surface area contributed by atoms with Crippen LogP contribution in [0.25, 0.3) is 0 Å². The summed E-state index contributed by atoms with van der Waals surface area (Å²) >= 11 is 1.82. The second-order valence-corrected chi connectivity index (χ2v) is 6.19. The number of rotatable bonds is 8. The van der Waals surface area contributed by atoms with Crippen LogP contribution in [-0.4, -0.2) is 29.2 Å². The quantitative estimate of drug-likeness (QED) is 0.771. The average molecular weight is 303 g/mol. The Labute approximate surface area is 124 Å². The van der Waals surface area contributed by atoms with E-state index in [9.17, 15) is 13.9 Å². The zero-order valence-corrected chi connectivity index (χ0v) is 13.1. The molecule has 1 aromatic rings. The topological polar surface area (TPSA) is 32.3 Å². The van der Waals surface area contributed by atoms with E-state index < -0.39 is 17.7 Å². The lowest BCUT2D eigenvalue weighted by atomic mass is 10.0. The minimum atomic E-state index is -0.929. The van der Waals surface area contributed by atoms with Gasteiger partial charge in [0.15, 0.2) is 11.6 Å². The summed E-state index contributed by atoms with van der Waals surface area (Å²) < 4.78 is 26.1. The molecule has 1 atom stereocenters. The molecule has 0 spiro atoms. The summed E-state index contributed by atoms with van der Waals surface area (Å²) in [6, 6.07) is 3.49. The summed E-state index contributed by atoms with van der Waals surface area (Å²) in [4.78, 5) is 0. The van der Waals surface area contributed by atoms with Crippen LogP contribution in [0.15, 0.2) is 18.2 Å². The van der Waals surface area contributed by atoms with E-state index in [2.05, 4.69) is 25.4 Å². The first-order chi connectivity index (χ1) is 9.48. The third-order valence-electron chi connectivity index (χ3n) is 3.83. The predicted molar refractivity (Wildman–Crippen MR) is 81.0 cm³/mol. The zero-order valence-electron chi connectivity index (χ0n) is 12.2. The van der Waals surface area contributed by atoms with E-state index in [0.717, 1.165) is 31.5 Å². The van der Waals surface area contributed by atoms with Crippen LogP contribution in [0.3, 0.4) is 0 Å². The van der Waals surface area contributed by atoms with Gasteiger partial charge in [0.2, 0.25) is 0 Å². The molecule has 0 aliphatic carbocycles. The Morgan fingerprint density at radius 2 is 1.90 bits per heavy atom. The van der Waals surface area contributed by atoms with Crippen molar-refractivity contribution in [2.75, 3.05) is 19.3 Å². The number of aliphatic hydroxyl groups is 1. The first kappa shape index (κ1) is 17.4. The minimum Gasteiger partial charge on any atom is -0.387 e. The summed E-state index contributed by atoms with van der Waals surface area (Å²) in [7, 11) is 0. The highest BCUT2D eigenvalue weighted by Crippen LogP contribution is 2.29. The highest BCUT2D eigenvalue weighted by molar-refractivity contribution is 8.00. The summed E-state index contributed by atoms with van der Waals surface area (Å²) in [6.07, 6.45) is 3.33. The molecule has 0 aliphatic rings. The van der Waals surface area contributed by atoms with E-state index in [1.54, 1.807) is 0 Å². The Hall–Kier alpha value is -0.650. The van der Waals surface area contributed by atoms with Gasteiger partial charge in [0.1, 0.15) is 0 Å². The number of halogens is 2. The van der Waals surface area contributed by atoms with Crippen molar-refractivity contribution < 1.29 is 13.9 Å². The van der Waals surface area contributed by atoms with E-state index in [4.69, 9.17) is 0 Å². The number of aliphatic hydroxyl groups excluding tert-OH is 1. The molecular weight excluding hydrogens is 280 g/mol. The van der Waals surface area contributed by atoms with Gasteiger partial charge in [-0.05, 0) is 36.8 Å². The first-order valence-corrected chi connectivity index (χ1v) is 8.09. The maximum atomic E-state index is 13.1. The SMILES string of the molecule is CCC(CC)(CNCC(O)c1ccc(F)c(F)c1)SC. The normalized spacial score (nSPS) is 13.5. The Morgan fingerprint density at radius 3 is 2.40 bits per heavy atom. The van der Waals surface area contributed by atoms with Gasteiger partial charge in [0.25, 0.3) is 0 Å². The third kappa shape index (κ3) is 4.43. The maximum Gasteiger partial charge on any atom is 0.159 e. The second kappa shape index (κ2) is 7.96. The van der Waals surface area contributed by atoms with Crippen molar-refractivity contribution >= 4 is 11.8 Å². The maximum absolute atomic E-state index is 13.1. The van der Waals surface area contributed by atoms with Crippen molar-refractivity contribution in [2.24, 2.45) is 0 Å². The number of nitrogens with one attached hydrogen (secondary N) is 1. The molecule has 0 saturated heterocycles. The monoisotopic (exact) mass is 303 g/mol. The number of hydrogen-bond donors (Lipinski definition) is 2. The van der Waals surface area contributed by atoms with Crippen LogP contribution < -0.4 is 5.32 Å². The third-order valence-corrected chi connectivity index (χ3v) is 5.42. The molecular formula is C15H23F2NOS. The molecule has 114 valence electrons. The van der Waals surface area contributed by atoms with Crippen LogP contribution in [0.2, 0.25) is 0 Å². The van der Waals surface area contributed by atoms with Gasteiger partial charge >= 0.3 is 0 Å². The first-order valence-electron chi connectivity index (χ1n) is 6.87. The van der Waals surface area contributed by atoms with Crippen molar-refractivity contribution in [2.45, 2.75) is 37.5 Å². The zero-order chi connectivity index (χ0) is 15.2. The van der Waals surface area contributed by atoms with Gasteiger partial charge in [0.05, 0.1) is 6.10 Å². The van der Waals surface area contributed by atoms with Crippen LogP contribution >= 0.6 is 11.8 Å². The van der Waals surface area contributed by atoms with Crippen LogP contribution in [0.4, 0.5) is 8.78 Å². The van der Waals surface area contributed by atoms with Crippen LogP contribution in [0.1, 0.15) is 38.4 Å². The van der Waals surface area contributed by atoms with Gasteiger partial charge < -0.3 is 10.4 Å². The summed E-state index contributed by atoms with van der Waals surface area (Å²) in [5.74, 6) is -1.82. The molecule has 0 aliphatic heterocycles. The Kier molecular flexibility index (Phi) is 6.92. The lowest BCUT2D eigenvalue weighted by Crippen LogP contribution is -2.38. The highest BCUT2D eigenvalue weighted by Gasteiger charge is 2.24. The molecule has 0 bridgehead atoms. The Balaban J connectivity index is 2.54. The van der Waals surface area contributed by atoms with E-state index in [1.807, 2.05) is 11.8 Å². The van der Waals surface area contributed by atoms with Crippen LogP contribution in [0.5, 0.6) is 0 Å². The molecule has 0 saturated carbocycles. The molecule has 0 heterocycles. The molecule has 0 radical (unpaired) electrons. The fourth-order valence-electron chi connectivity index (χ4n) is 2.14.